The summed E-state index contributed by atoms with van der Waals surface area (Å²) in [5.74, 6) is 0.677. The van der Waals surface area contributed by atoms with E-state index < -0.39 is 11.7 Å². The second kappa shape index (κ2) is 7.61. The number of nitrogens with one attached hydrogen (secondary N) is 1. The van der Waals surface area contributed by atoms with Gasteiger partial charge in [0.05, 0.1) is 35.4 Å². The molecule has 6 nitrogen and oxygen atoms in total. The quantitative estimate of drug-likeness (QED) is 0.552. The van der Waals surface area contributed by atoms with Crippen LogP contribution in [0, 0.1) is 0 Å². The number of para-hydroxylation sites is 1. The molecule has 31 heavy (non-hydrogen) atoms. The zero-order valence-electron chi connectivity index (χ0n) is 18.7. The molecule has 0 unspecified atom stereocenters. The highest BCUT2D eigenvalue weighted by Gasteiger charge is 2.24. The van der Waals surface area contributed by atoms with Crippen molar-refractivity contribution >= 4 is 28.8 Å². The van der Waals surface area contributed by atoms with Crippen LogP contribution in [0.4, 0.5) is 4.79 Å². The third-order valence-corrected chi connectivity index (χ3v) is 5.00. The number of rotatable bonds is 3. The van der Waals surface area contributed by atoms with Gasteiger partial charge in [-0.1, -0.05) is 18.2 Å². The summed E-state index contributed by atoms with van der Waals surface area (Å²) in [4.78, 5) is 21.1. The van der Waals surface area contributed by atoms with Crippen molar-refractivity contribution in [3.63, 3.8) is 0 Å². The predicted molar refractivity (Wildman–Crippen MR) is 125 cm³/mol. The minimum atomic E-state index is -0.606. The average Bonchev–Trinajstić information content (AvgIpc) is 3.35. The number of hydrogen-bond donors (Lipinski definition) is 1. The summed E-state index contributed by atoms with van der Waals surface area (Å²) in [5.41, 5.74) is 5.39. The Bertz CT molecular complexity index is 1260. The molecule has 1 aliphatic heterocycles. The van der Waals surface area contributed by atoms with E-state index in [2.05, 4.69) is 9.98 Å². The van der Waals surface area contributed by atoms with Gasteiger partial charge in [-0.3, -0.25) is 4.99 Å². The maximum absolute atomic E-state index is 13.1. The van der Waals surface area contributed by atoms with Crippen LogP contribution in [0.15, 0.2) is 58.7 Å². The summed E-state index contributed by atoms with van der Waals surface area (Å²) in [7, 11) is 1.63. The Morgan fingerprint density at radius 2 is 1.90 bits per heavy atom. The molecule has 0 amide bonds. The zero-order valence-corrected chi connectivity index (χ0v) is 18.7. The first kappa shape index (κ1) is 20.7. The number of carbonyl (C=O) groups is 1. The van der Waals surface area contributed by atoms with E-state index in [0.717, 1.165) is 39.3 Å². The van der Waals surface area contributed by atoms with Crippen LogP contribution < -0.4 is 4.74 Å². The van der Waals surface area contributed by atoms with Gasteiger partial charge < -0.3 is 14.5 Å². The lowest BCUT2D eigenvalue weighted by Gasteiger charge is -2.20. The molecular formula is C25H27N3O3. The Hall–Kier alpha value is -3.54. The molecule has 0 saturated carbocycles. The smallest absolute Gasteiger partial charge is 0.419 e. The third kappa shape index (κ3) is 4.06. The van der Waals surface area contributed by atoms with Crippen LogP contribution in [-0.4, -0.2) is 34.1 Å². The molecule has 0 fully saturated rings. The van der Waals surface area contributed by atoms with Crippen molar-refractivity contribution < 1.29 is 14.3 Å². The van der Waals surface area contributed by atoms with Crippen molar-refractivity contribution in [1.82, 2.24) is 9.55 Å². The van der Waals surface area contributed by atoms with Crippen LogP contribution in [0.5, 0.6) is 5.75 Å². The summed E-state index contributed by atoms with van der Waals surface area (Å²) in [6.45, 7) is 9.58. The van der Waals surface area contributed by atoms with Gasteiger partial charge in [-0.25, -0.2) is 9.36 Å². The standard InChI is InChI=1S/C25H27N3O3/c1-15-11-16(2)26-18(15)13-20-23(30-6)14-19(27-20)22-12-17-9-7-8-10-21(17)28(22)24(29)31-25(3,4)5/h7-14,27H,1-6H3/b18-13-. The molecule has 1 aromatic carbocycles. The lowest BCUT2D eigenvalue weighted by molar-refractivity contribution is 0.0547. The number of carbonyl (C=O) groups excluding carboxylic acids is 1. The van der Waals surface area contributed by atoms with Crippen LogP contribution in [0.1, 0.15) is 40.3 Å². The van der Waals surface area contributed by atoms with E-state index >= 15 is 0 Å². The molecule has 3 aromatic rings. The summed E-state index contributed by atoms with van der Waals surface area (Å²) < 4.78 is 12.9. The van der Waals surface area contributed by atoms with E-state index in [1.807, 2.05) is 83.2 Å². The van der Waals surface area contributed by atoms with E-state index in [0.29, 0.717) is 11.4 Å². The van der Waals surface area contributed by atoms with E-state index in [1.54, 1.807) is 11.7 Å². The molecule has 1 N–H and O–H groups in total. The molecule has 0 saturated heterocycles. The fourth-order valence-electron chi connectivity index (χ4n) is 3.70. The summed E-state index contributed by atoms with van der Waals surface area (Å²) in [6, 6.07) is 11.6. The van der Waals surface area contributed by atoms with Gasteiger partial charge in [0.15, 0.2) is 0 Å². The fourth-order valence-corrected chi connectivity index (χ4v) is 3.70. The second-order valence-corrected chi connectivity index (χ2v) is 8.68. The summed E-state index contributed by atoms with van der Waals surface area (Å²) in [6.07, 6.45) is 3.58. The van der Waals surface area contributed by atoms with Gasteiger partial charge in [-0.2, -0.15) is 0 Å². The van der Waals surface area contributed by atoms with Crippen molar-refractivity contribution in [2.24, 2.45) is 4.99 Å². The van der Waals surface area contributed by atoms with Gasteiger partial charge in [-0.15, -0.1) is 0 Å². The summed E-state index contributed by atoms with van der Waals surface area (Å²) in [5, 5.41) is 0.951. The van der Waals surface area contributed by atoms with Gasteiger partial charge >= 0.3 is 6.09 Å². The highest BCUT2D eigenvalue weighted by molar-refractivity contribution is 5.99. The van der Waals surface area contributed by atoms with Gasteiger partial charge in [0.25, 0.3) is 0 Å². The van der Waals surface area contributed by atoms with Crippen LogP contribution in [0.3, 0.4) is 0 Å². The molecule has 6 heteroatoms. The van der Waals surface area contributed by atoms with Gasteiger partial charge in [0.2, 0.25) is 0 Å². The largest absolute Gasteiger partial charge is 0.494 e. The Kier molecular flexibility index (Phi) is 5.09. The van der Waals surface area contributed by atoms with E-state index in [9.17, 15) is 4.79 Å². The van der Waals surface area contributed by atoms with Crippen LogP contribution in [-0.2, 0) is 4.74 Å². The molecule has 1 aliphatic rings. The Balaban J connectivity index is 1.85. The molecular weight excluding hydrogens is 390 g/mol. The Morgan fingerprint density at radius 3 is 2.55 bits per heavy atom. The van der Waals surface area contributed by atoms with Crippen molar-refractivity contribution in [2.45, 2.75) is 40.2 Å². The first-order valence-electron chi connectivity index (χ1n) is 10.2. The maximum Gasteiger partial charge on any atom is 0.419 e. The molecule has 2 aromatic heterocycles. The second-order valence-electron chi connectivity index (χ2n) is 8.68. The molecule has 160 valence electrons. The number of fused-ring (bicyclic) bond motifs is 1. The van der Waals surface area contributed by atoms with E-state index in [4.69, 9.17) is 9.47 Å². The SMILES string of the molecule is COc1cc(-c2cc3ccccc3n2C(=O)OC(C)(C)C)[nH]c1/C=C1\N=C(C)C=C1C. The summed E-state index contributed by atoms with van der Waals surface area (Å²) >= 11 is 0. The average molecular weight is 418 g/mol. The predicted octanol–water partition coefficient (Wildman–Crippen LogP) is 6.19. The number of methoxy groups -OCH3 is 1. The first-order valence-corrected chi connectivity index (χ1v) is 10.2. The van der Waals surface area contributed by atoms with Crippen LogP contribution >= 0.6 is 0 Å². The van der Waals surface area contributed by atoms with E-state index in [-0.39, 0.29) is 0 Å². The number of aromatic amines is 1. The number of aliphatic imine (C=N–C) groups is 1. The maximum atomic E-state index is 13.1. The van der Waals surface area contributed by atoms with Gasteiger partial charge in [0.1, 0.15) is 11.4 Å². The number of allylic oxidation sites excluding steroid dienone is 2. The highest BCUT2D eigenvalue weighted by atomic mass is 16.6. The Morgan fingerprint density at radius 1 is 1.16 bits per heavy atom. The molecule has 0 radical (unpaired) electrons. The minimum absolute atomic E-state index is 0.424. The molecule has 4 rings (SSSR count). The molecule has 0 aliphatic carbocycles. The minimum Gasteiger partial charge on any atom is -0.494 e. The van der Waals surface area contributed by atoms with Crippen molar-refractivity contribution in [3.05, 3.63) is 59.4 Å². The van der Waals surface area contributed by atoms with Crippen LogP contribution in [0.2, 0.25) is 0 Å². The van der Waals surface area contributed by atoms with Gasteiger partial charge in [0, 0.05) is 17.2 Å². The lowest BCUT2D eigenvalue weighted by atomic mass is 10.2. The van der Waals surface area contributed by atoms with Gasteiger partial charge in [-0.05, 0) is 64.5 Å². The molecule has 0 bridgehead atoms. The molecule has 0 spiro atoms. The number of hydrogen-bond acceptors (Lipinski definition) is 4. The number of benzene rings is 1. The normalized spacial score (nSPS) is 15.4. The lowest BCUT2D eigenvalue weighted by Crippen LogP contribution is -2.27. The van der Waals surface area contributed by atoms with Crippen molar-refractivity contribution in [2.75, 3.05) is 7.11 Å². The van der Waals surface area contributed by atoms with Crippen LogP contribution in [0.25, 0.3) is 28.4 Å². The first-order chi connectivity index (χ1) is 14.7. The number of ether oxygens (including phenoxy) is 2. The van der Waals surface area contributed by atoms with Crippen molar-refractivity contribution in [1.29, 1.82) is 0 Å². The van der Waals surface area contributed by atoms with E-state index in [1.165, 1.54) is 0 Å². The highest BCUT2D eigenvalue weighted by Crippen LogP contribution is 2.34. The third-order valence-electron chi connectivity index (χ3n) is 5.00. The zero-order chi connectivity index (χ0) is 22.3. The number of H-pyrrole nitrogens is 1. The molecule has 0 atom stereocenters. The topological polar surface area (TPSA) is 68.6 Å². The number of aromatic nitrogens is 2. The van der Waals surface area contributed by atoms with Crippen molar-refractivity contribution in [3.8, 4) is 17.1 Å². The molecule has 3 heterocycles. The Labute approximate surface area is 181 Å². The fraction of sp³-hybridized carbons (Fsp3) is 0.280. The monoisotopic (exact) mass is 417 g/mol. The number of nitrogens with zero attached hydrogens (tertiary/aromatic N) is 2.